The normalized spacial score (nSPS) is 10.4. The molecule has 0 aliphatic heterocycles. The van der Waals surface area contributed by atoms with Crippen LogP contribution in [0.1, 0.15) is 12.7 Å². The molecule has 0 aliphatic rings. The van der Waals surface area contributed by atoms with Gasteiger partial charge in [0.15, 0.2) is 4.34 Å². The summed E-state index contributed by atoms with van der Waals surface area (Å²) in [6, 6.07) is 1.95. The van der Waals surface area contributed by atoms with Crippen LogP contribution < -0.4 is 5.32 Å². The molecule has 6 heteroatoms. The van der Waals surface area contributed by atoms with Gasteiger partial charge in [-0.15, -0.1) is 11.3 Å². The second kappa shape index (κ2) is 5.27. The van der Waals surface area contributed by atoms with Crippen LogP contribution in [0.5, 0.6) is 0 Å². The lowest BCUT2D eigenvalue weighted by molar-refractivity contribution is 0.960. The summed E-state index contributed by atoms with van der Waals surface area (Å²) in [4.78, 5) is 12.9. The predicted molar refractivity (Wildman–Crippen MR) is 67.2 cm³/mol. The molecule has 2 aromatic rings. The van der Waals surface area contributed by atoms with E-state index in [1.54, 1.807) is 29.3 Å². The second-order valence-electron chi connectivity index (χ2n) is 3.07. The number of aromatic nitrogens is 3. The molecule has 0 atom stereocenters. The molecule has 0 fully saturated rings. The minimum Gasteiger partial charge on any atom is -0.370 e. The number of rotatable bonds is 4. The van der Waals surface area contributed by atoms with Gasteiger partial charge in [-0.25, -0.2) is 15.0 Å². The van der Waals surface area contributed by atoms with Crippen molar-refractivity contribution < 1.29 is 0 Å². The van der Waals surface area contributed by atoms with Crippen LogP contribution in [0.25, 0.3) is 0 Å². The van der Waals surface area contributed by atoms with Gasteiger partial charge in [0, 0.05) is 24.2 Å². The van der Waals surface area contributed by atoms with Crippen molar-refractivity contribution in [2.24, 2.45) is 0 Å². The van der Waals surface area contributed by atoms with E-state index in [0.29, 0.717) is 0 Å². The molecule has 2 heterocycles. The molecule has 16 heavy (non-hydrogen) atoms. The highest BCUT2D eigenvalue weighted by Crippen LogP contribution is 2.28. The molecule has 1 N–H and O–H groups in total. The van der Waals surface area contributed by atoms with Gasteiger partial charge in [0.25, 0.3) is 0 Å². The Hall–Kier alpha value is -1.14. The van der Waals surface area contributed by atoms with Gasteiger partial charge >= 0.3 is 0 Å². The van der Waals surface area contributed by atoms with E-state index in [2.05, 4.69) is 20.3 Å². The average Bonchev–Trinajstić information content (AvgIpc) is 2.70. The Balaban J connectivity index is 2.20. The highest BCUT2D eigenvalue weighted by atomic mass is 32.2. The summed E-state index contributed by atoms with van der Waals surface area (Å²) in [5.74, 6) is 1.64. The monoisotopic (exact) mass is 252 g/mol. The number of aryl methyl sites for hydroxylation is 1. The fourth-order valence-corrected chi connectivity index (χ4v) is 2.83. The van der Waals surface area contributed by atoms with Crippen LogP contribution in [0.4, 0.5) is 5.82 Å². The zero-order chi connectivity index (χ0) is 11.4. The number of hydrogen-bond donors (Lipinski definition) is 1. The molecule has 2 aromatic heterocycles. The van der Waals surface area contributed by atoms with Crippen molar-refractivity contribution in [2.45, 2.75) is 23.2 Å². The first-order valence-corrected chi connectivity index (χ1v) is 6.64. The van der Waals surface area contributed by atoms with E-state index < -0.39 is 0 Å². The molecular weight excluding hydrogens is 240 g/mol. The maximum atomic E-state index is 4.37. The van der Waals surface area contributed by atoms with Crippen LogP contribution in [-0.2, 0) is 0 Å². The van der Waals surface area contributed by atoms with Crippen LogP contribution in [0.15, 0.2) is 27.0 Å². The Morgan fingerprint density at radius 1 is 1.44 bits per heavy atom. The third-order valence-electron chi connectivity index (χ3n) is 1.77. The number of nitrogens with one attached hydrogen (secondary N) is 1. The van der Waals surface area contributed by atoms with Crippen molar-refractivity contribution in [1.29, 1.82) is 0 Å². The summed E-state index contributed by atoms with van der Waals surface area (Å²) in [5, 5.41) is 6.08. The average molecular weight is 252 g/mol. The van der Waals surface area contributed by atoms with Crippen molar-refractivity contribution in [3.63, 3.8) is 0 Å². The second-order valence-corrected chi connectivity index (χ2v) is 5.23. The van der Waals surface area contributed by atoms with Crippen LogP contribution in [0, 0.1) is 6.92 Å². The number of hydrogen-bond acceptors (Lipinski definition) is 6. The van der Waals surface area contributed by atoms with Crippen LogP contribution in [0.2, 0.25) is 0 Å². The molecular formula is C10H12N4S2. The highest BCUT2D eigenvalue weighted by molar-refractivity contribution is 8.01. The lowest BCUT2D eigenvalue weighted by Gasteiger charge is -2.05. The molecule has 0 spiro atoms. The summed E-state index contributed by atoms with van der Waals surface area (Å²) >= 11 is 3.18. The van der Waals surface area contributed by atoms with Gasteiger partial charge in [-0.1, -0.05) is 0 Å². The fourth-order valence-electron chi connectivity index (χ4n) is 1.21. The Morgan fingerprint density at radius 2 is 2.31 bits per heavy atom. The van der Waals surface area contributed by atoms with Crippen molar-refractivity contribution in [3.05, 3.63) is 23.5 Å². The maximum Gasteiger partial charge on any atom is 0.156 e. The highest BCUT2D eigenvalue weighted by Gasteiger charge is 2.04. The van der Waals surface area contributed by atoms with Gasteiger partial charge < -0.3 is 5.32 Å². The van der Waals surface area contributed by atoms with E-state index in [1.165, 1.54) is 0 Å². The van der Waals surface area contributed by atoms with E-state index >= 15 is 0 Å². The van der Waals surface area contributed by atoms with E-state index in [-0.39, 0.29) is 0 Å². The molecule has 0 aliphatic carbocycles. The minimum absolute atomic E-state index is 0.775. The molecule has 0 amide bonds. The Labute approximate surface area is 103 Å². The Kier molecular flexibility index (Phi) is 3.74. The van der Waals surface area contributed by atoms with Gasteiger partial charge in [0.05, 0.1) is 0 Å². The van der Waals surface area contributed by atoms with Gasteiger partial charge in [-0.3, -0.25) is 0 Å². The van der Waals surface area contributed by atoms with Crippen molar-refractivity contribution >= 4 is 28.9 Å². The quantitative estimate of drug-likeness (QED) is 0.848. The lowest BCUT2D eigenvalue weighted by Crippen LogP contribution is -2.01. The zero-order valence-corrected chi connectivity index (χ0v) is 10.7. The Bertz CT molecular complexity index is 456. The van der Waals surface area contributed by atoms with Gasteiger partial charge in [-0.2, -0.15) is 0 Å². The molecule has 84 valence electrons. The van der Waals surface area contributed by atoms with E-state index in [1.807, 2.05) is 25.3 Å². The number of anilines is 1. The molecule has 0 unspecified atom stereocenters. The molecule has 0 aromatic carbocycles. The van der Waals surface area contributed by atoms with Gasteiger partial charge in [0.2, 0.25) is 0 Å². The topological polar surface area (TPSA) is 50.7 Å². The third kappa shape index (κ3) is 2.93. The first-order chi connectivity index (χ1) is 7.78. The molecule has 0 radical (unpaired) electrons. The largest absolute Gasteiger partial charge is 0.370 e. The molecule has 0 saturated carbocycles. The van der Waals surface area contributed by atoms with Crippen LogP contribution in [-0.4, -0.2) is 21.5 Å². The lowest BCUT2D eigenvalue weighted by atomic mass is 10.5. The minimum atomic E-state index is 0.775. The maximum absolute atomic E-state index is 4.37. The van der Waals surface area contributed by atoms with E-state index in [0.717, 1.165) is 27.6 Å². The SMILES string of the molecule is CCNc1cc(Sc2nccs2)nc(C)n1. The summed E-state index contributed by atoms with van der Waals surface area (Å²) in [7, 11) is 0. The zero-order valence-electron chi connectivity index (χ0n) is 9.10. The molecule has 2 rings (SSSR count). The molecule has 0 saturated heterocycles. The number of nitrogens with zero attached hydrogens (tertiary/aromatic N) is 3. The number of thiazole rings is 1. The van der Waals surface area contributed by atoms with Crippen LogP contribution >= 0.6 is 23.1 Å². The van der Waals surface area contributed by atoms with Gasteiger partial charge in [0.1, 0.15) is 16.7 Å². The van der Waals surface area contributed by atoms with Crippen molar-refractivity contribution in [1.82, 2.24) is 15.0 Å². The summed E-state index contributed by atoms with van der Waals surface area (Å²) < 4.78 is 1.00. The molecule has 0 bridgehead atoms. The standard InChI is InChI=1S/C10H12N4S2/c1-3-11-8-6-9(14-7(2)13-8)16-10-12-4-5-15-10/h4-6H,3H2,1-2H3,(H,11,13,14). The predicted octanol–water partition coefficient (Wildman–Crippen LogP) is 2.82. The van der Waals surface area contributed by atoms with Crippen LogP contribution in [0.3, 0.4) is 0 Å². The first kappa shape index (κ1) is 11.3. The van der Waals surface area contributed by atoms with E-state index in [4.69, 9.17) is 0 Å². The van der Waals surface area contributed by atoms with Gasteiger partial charge in [-0.05, 0) is 25.6 Å². The Morgan fingerprint density at radius 3 is 3.00 bits per heavy atom. The summed E-state index contributed by atoms with van der Waals surface area (Å²) in [6.07, 6.45) is 1.80. The third-order valence-corrected chi connectivity index (χ3v) is 3.58. The van der Waals surface area contributed by atoms with Crippen molar-refractivity contribution in [3.8, 4) is 0 Å². The van der Waals surface area contributed by atoms with Crippen molar-refractivity contribution in [2.75, 3.05) is 11.9 Å². The van der Waals surface area contributed by atoms with E-state index in [9.17, 15) is 0 Å². The first-order valence-electron chi connectivity index (χ1n) is 4.95. The summed E-state index contributed by atoms with van der Waals surface area (Å²) in [5.41, 5.74) is 0. The summed E-state index contributed by atoms with van der Waals surface area (Å²) in [6.45, 7) is 4.80. The molecule has 4 nitrogen and oxygen atoms in total. The smallest absolute Gasteiger partial charge is 0.156 e. The fraction of sp³-hybridized carbons (Fsp3) is 0.300.